The molecular formula is C95H133BFLi2N8O19S10. The Hall–Kier alpha value is -7.48. The first-order valence-corrected chi connectivity index (χ1v) is 51.6. The Morgan fingerprint density at radius 1 is 0.559 bits per heavy atom. The fourth-order valence-electron chi connectivity index (χ4n) is 14.3. The SMILES string of the molecule is C.CCOC(=O)/C=C/c1cc(C)cs1.CCOC(=O)CC(C[N+](=O)[O-])c1cc(C)cs1.CNCC1CCc2c(C)csc21.CNCC1CCc2c(C)csc21.C[N+](=O)[O-].Cc1ccsc1.Cc1csc(C(CC(=O)O)C[N+](=O)[O-])c1.Cc1csc(C=O)c1.Cc1csc2c1C(=O)CC2C[N+](=O)[O-].Cc1csc2c1CCC2CN.Cc1csc2c1CCC2C[N+](=O)[O-].[2H]CF.[B].[CH2-]CCC.[Li+].[Li+].[OH-]. The van der Waals surface area contributed by atoms with Crippen LogP contribution in [0.15, 0.2) is 95.6 Å². The molecule has 5 aliphatic rings. The second-order valence-corrected chi connectivity index (χ2v) is 40.4. The van der Waals surface area contributed by atoms with Gasteiger partial charge in [-0.15, -0.1) is 102 Å². The number of fused-ring (bicyclic) bond motifs is 5. The van der Waals surface area contributed by atoms with Crippen molar-refractivity contribution in [3.63, 3.8) is 0 Å². The third-order valence-corrected chi connectivity index (χ3v) is 32.2. The molecule has 0 aliphatic heterocycles. The molecule has 0 fully saturated rings. The maximum Gasteiger partial charge on any atom is 1.00 e. The number of halogens is 1. The van der Waals surface area contributed by atoms with Crippen LogP contribution in [0.2, 0.25) is 0 Å². The number of carbonyl (C=O) groups excluding carboxylic acids is 4. The van der Waals surface area contributed by atoms with Gasteiger partial charge in [0.25, 0.3) is 0 Å². The predicted octanol–water partition coefficient (Wildman–Crippen LogP) is 18.0. The molecule has 3 radical (unpaired) electrons. The van der Waals surface area contributed by atoms with E-state index in [4.69, 9.17) is 31.8 Å². The average molecular weight is 2060 g/mol. The number of aldehydes is 1. The minimum Gasteiger partial charge on any atom is -0.870 e. The van der Waals surface area contributed by atoms with Gasteiger partial charge in [-0.2, -0.15) is 17.8 Å². The van der Waals surface area contributed by atoms with Crippen molar-refractivity contribution in [2.75, 3.05) is 87.3 Å². The molecule has 739 valence electrons. The molecule has 0 amide bonds. The second kappa shape index (κ2) is 72.7. The zero-order valence-corrected chi connectivity index (χ0v) is 88.8. The third-order valence-electron chi connectivity index (χ3n) is 20.5. The van der Waals surface area contributed by atoms with Gasteiger partial charge in [-0.25, -0.2) is 4.79 Å². The zero-order chi connectivity index (χ0) is 98.7. The van der Waals surface area contributed by atoms with Crippen molar-refractivity contribution in [3.05, 3.63) is 280 Å². The van der Waals surface area contributed by atoms with E-state index in [1.54, 1.807) is 85.3 Å². The summed E-state index contributed by atoms with van der Waals surface area (Å²) in [5.41, 5.74) is 25.2. The number of aryl methyl sites for hydroxylation is 10. The molecule has 10 aromatic heterocycles. The van der Waals surface area contributed by atoms with E-state index >= 15 is 0 Å². The molecule has 0 spiro atoms. The van der Waals surface area contributed by atoms with Crippen molar-refractivity contribution < 1.29 is 112 Å². The fraction of sp³-hybridized carbons (Fsp3) is 0.495. The zero-order valence-electron chi connectivity index (χ0n) is 81.7. The number of carboxylic acid groups (broad SMARTS) is 1. The monoisotopic (exact) mass is 2050 g/mol. The molecule has 0 aromatic carbocycles. The van der Waals surface area contributed by atoms with Gasteiger partial charge in [0.05, 0.1) is 63.1 Å². The first kappa shape index (κ1) is 131. The normalized spacial score (nSPS) is 14.9. The molecule has 27 nitrogen and oxygen atoms in total. The van der Waals surface area contributed by atoms with Crippen molar-refractivity contribution >= 4 is 158 Å². The molecule has 10 heterocycles. The molecule has 0 saturated heterocycles. The first-order valence-electron chi connectivity index (χ1n) is 43.4. The van der Waals surface area contributed by atoms with E-state index in [0.717, 1.165) is 116 Å². The Morgan fingerprint density at radius 3 is 1.25 bits per heavy atom. The van der Waals surface area contributed by atoms with Gasteiger partial charge in [-0.05, 0) is 329 Å². The Balaban J connectivity index is -0.00000144. The molecule has 7 atom stereocenters. The molecule has 7 unspecified atom stereocenters. The number of likely N-dealkylation sites (N-methyl/N-ethyl adjacent to an activating group) is 2. The van der Waals surface area contributed by atoms with Crippen molar-refractivity contribution in [2.24, 2.45) is 5.73 Å². The maximum atomic E-state index is 11.5. The van der Waals surface area contributed by atoms with Gasteiger partial charge in [0.15, 0.2) is 19.1 Å². The van der Waals surface area contributed by atoms with E-state index in [9.17, 15) is 68.8 Å². The van der Waals surface area contributed by atoms with Crippen LogP contribution in [0.4, 0.5) is 4.39 Å². The number of carbonyl (C=O) groups is 5. The summed E-state index contributed by atoms with van der Waals surface area (Å²) < 4.78 is 25.1. The van der Waals surface area contributed by atoms with Crippen molar-refractivity contribution in [1.82, 2.24) is 10.6 Å². The number of nitrogens with two attached hydrogens (primary N) is 1. The number of hydrogen-bond donors (Lipinski definition) is 4. The van der Waals surface area contributed by atoms with Crippen LogP contribution in [-0.2, 0) is 49.5 Å². The minimum atomic E-state index is -1.01. The van der Waals surface area contributed by atoms with E-state index in [2.05, 4.69) is 97.4 Å². The number of ketones is 1. The van der Waals surface area contributed by atoms with Crippen molar-refractivity contribution in [3.8, 4) is 0 Å². The van der Waals surface area contributed by atoms with Crippen LogP contribution in [0, 0.1) is 127 Å². The molecule has 0 bridgehead atoms. The van der Waals surface area contributed by atoms with Gasteiger partial charge in [-0.1, -0.05) is 20.8 Å². The second-order valence-electron chi connectivity index (χ2n) is 31.3. The average Bonchev–Trinajstić information content (AvgIpc) is 1.61. The third kappa shape index (κ3) is 48.6. The number of nitrogens with zero attached hydrogens (tertiary/aromatic N) is 5. The number of thiophene rings is 10. The van der Waals surface area contributed by atoms with Gasteiger partial charge >= 0.3 is 55.6 Å². The number of alkyl halides is 1. The van der Waals surface area contributed by atoms with Crippen LogP contribution in [0.5, 0.6) is 0 Å². The summed E-state index contributed by atoms with van der Waals surface area (Å²) in [7, 11) is 3.97. The molecule has 6 N–H and O–H groups in total. The number of nitrogens with one attached hydrogen (secondary N) is 2. The minimum absolute atomic E-state index is 0. The summed E-state index contributed by atoms with van der Waals surface area (Å²) in [6, 6.07) is 9.70. The van der Waals surface area contributed by atoms with E-state index < -0.39 is 28.9 Å². The van der Waals surface area contributed by atoms with Gasteiger partial charge in [-0.3, -0.25) is 74.1 Å². The number of Topliss-reactive ketones (excluding diaryl/α,β-unsaturated/α-hetero) is 1. The molecular weight excluding hydrogens is 1920 g/mol. The number of ether oxygens (including phenoxy) is 2. The molecule has 15 rings (SSSR count). The Bertz CT molecular complexity index is 5120. The number of carboxylic acids is 1. The molecule has 5 aliphatic carbocycles. The summed E-state index contributed by atoms with van der Waals surface area (Å²) >= 11 is 16.6. The summed E-state index contributed by atoms with van der Waals surface area (Å²) in [5, 5.41) is 88.6. The van der Waals surface area contributed by atoms with Crippen LogP contribution in [0.1, 0.15) is 266 Å². The van der Waals surface area contributed by atoms with Gasteiger partial charge in [0, 0.05) is 121 Å². The van der Waals surface area contributed by atoms with Crippen LogP contribution in [-0.4, -0.2) is 161 Å². The Labute approximate surface area is 868 Å². The number of aliphatic carboxylic acids is 1. The largest absolute Gasteiger partial charge is 1.00 e. The summed E-state index contributed by atoms with van der Waals surface area (Å²) in [5.74, 6) is -0.262. The topological polar surface area (TPSA) is 420 Å². The maximum absolute atomic E-state index is 11.5. The number of rotatable bonds is 25. The van der Waals surface area contributed by atoms with Crippen molar-refractivity contribution in [1.29, 1.82) is 0 Å². The van der Waals surface area contributed by atoms with Crippen LogP contribution in [0.3, 0.4) is 0 Å². The summed E-state index contributed by atoms with van der Waals surface area (Å²) in [6.45, 7) is 33.0. The Kier molecular flexibility index (Phi) is 69.8. The van der Waals surface area contributed by atoms with E-state index in [-0.39, 0.29) is 148 Å². The molecule has 10 aromatic rings. The number of unbranched alkanes of at least 4 members (excludes halogenated alkanes) is 1. The van der Waals surface area contributed by atoms with Crippen LogP contribution in [0.25, 0.3) is 6.08 Å². The smallest absolute Gasteiger partial charge is 0.870 e. The number of hydrogen-bond acceptors (Lipinski definition) is 31. The fourth-order valence-corrected chi connectivity index (χ4v) is 24.6. The summed E-state index contributed by atoms with van der Waals surface area (Å²) in [6.07, 6.45) is 16.4. The van der Waals surface area contributed by atoms with Gasteiger partial charge in [0.2, 0.25) is 26.2 Å². The predicted molar refractivity (Wildman–Crippen MR) is 556 cm³/mol. The van der Waals surface area contributed by atoms with E-state index in [1.807, 2.05) is 134 Å². The first-order chi connectivity index (χ1) is 62.8. The van der Waals surface area contributed by atoms with Gasteiger partial charge < -0.3 is 43.3 Å². The van der Waals surface area contributed by atoms with Crippen molar-refractivity contribution in [2.45, 2.75) is 222 Å². The van der Waals surface area contributed by atoms with Crippen LogP contribution >= 0.6 is 113 Å². The van der Waals surface area contributed by atoms with E-state index in [0.29, 0.717) is 25.6 Å². The quantitative estimate of drug-likeness (QED) is 0.00785. The van der Waals surface area contributed by atoms with E-state index in [1.165, 1.54) is 140 Å². The summed E-state index contributed by atoms with van der Waals surface area (Å²) in [4.78, 5) is 114. The number of esters is 2. The molecule has 0 saturated carbocycles. The molecule has 136 heavy (non-hydrogen) atoms. The standard InChI is InChI=1S/C11H15NO4S.2C10H15NS.C10H12O2S.C9H11NO4S.C9H9NO3S.C9H11NO2S.C9H13NS.C6H6OS.C5H6S.C4H9.CH3F.CH3NO2.CH4.B.2Li.H2O/c1-3-16-11(13)5-9(6-12(14)15)10-4-8(2)7-17-10;2*1-7-6-12-10-8(5-11-2)3-4-9(7)10;1-3-12-10(11)5-4-9-6-8(2)7-13-9;1-6-2-8(15-5-6)7(3-9(11)12)4-10(13)14;1-5-4-14-9-6(3-10(12)13)2-7(11)8(5)9;1-6-5-13-9-7(4-10(11)12)2-3-8(6)9;1-6-5-11-9-7(4-10)2-3-8(6)9;1-5-2-6(3-7)8-4-5;1-5-2-3-6-4-5;1-3-4-2;1-2;1-2(3)4;;;;;/h4,7,9H,3,5-6H2,1-2H3;2*6,8,11H,3-5H2,1-2H3;4-7H,3H2,1-2H3;2,5,7H,3-4H2,1H3,(H,11,12);4,6H,2-3H2,1H3;5,7H,2-4H2,1H3;5,7H,2-4,10H2,1H3;2-4H,1H3;2-4H,1H3;1,3-4H2,2H3;1H3;1H3;1H4;;;;1H2/q;;;;;;;;;;-1;;;;;2*+1;/p-1/b;;;5-4+;;;;;;;;;;;;;;/i;;;;;;;;;;;1D;;;;;;. The van der Waals surface area contributed by atoms with Gasteiger partial charge in [0.1, 0.15) is 0 Å². The van der Waals surface area contributed by atoms with Crippen LogP contribution < -0.4 is 54.1 Å². The number of nitro groups is 5. The Morgan fingerprint density at radius 2 is 0.926 bits per heavy atom. The molecule has 41 heteroatoms.